The topological polar surface area (TPSA) is 73.4 Å². The second-order valence-electron chi connectivity index (χ2n) is 9.36. The van der Waals surface area contributed by atoms with Crippen molar-refractivity contribution in [1.29, 1.82) is 0 Å². The van der Waals surface area contributed by atoms with Crippen LogP contribution >= 0.6 is 0 Å². The number of nitrogens with zero attached hydrogens (tertiary/aromatic N) is 4. The van der Waals surface area contributed by atoms with Crippen molar-refractivity contribution in [3.63, 3.8) is 0 Å². The molecule has 7 nitrogen and oxygen atoms in total. The minimum absolute atomic E-state index is 0.109. The second kappa shape index (κ2) is 9.85. The van der Waals surface area contributed by atoms with Crippen LogP contribution in [-0.2, 0) is 24.4 Å². The number of rotatable bonds is 7. The summed E-state index contributed by atoms with van der Waals surface area (Å²) in [6.07, 6.45) is 2.18. The van der Waals surface area contributed by atoms with E-state index in [2.05, 4.69) is 21.9 Å². The van der Waals surface area contributed by atoms with E-state index in [1.807, 2.05) is 71.6 Å². The number of amides is 1. The van der Waals surface area contributed by atoms with Crippen LogP contribution in [0.25, 0.3) is 22.0 Å². The highest BCUT2D eigenvalue weighted by Gasteiger charge is 2.25. The van der Waals surface area contributed by atoms with Gasteiger partial charge in [-0.2, -0.15) is 0 Å². The van der Waals surface area contributed by atoms with Gasteiger partial charge in [0.25, 0.3) is 0 Å². The van der Waals surface area contributed by atoms with E-state index in [0.717, 1.165) is 66.1 Å². The molecule has 1 saturated heterocycles. The van der Waals surface area contributed by atoms with Crippen LogP contribution in [0, 0.1) is 5.92 Å². The van der Waals surface area contributed by atoms with Crippen molar-refractivity contribution in [1.82, 2.24) is 19.6 Å². The Balaban J connectivity index is 1.11. The molecule has 0 atom stereocenters. The SMILES string of the molecule is O=C(Cc1noc2ccccc12)N1CCC(Cn2c(COc3ccccc3)nc3ccccc32)CC1. The molecule has 36 heavy (non-hydrogen) atoms. The quantitative estimate of drug-likeness (QED) is 0.319. The molecule has 0 saturated carbocycles. The van der Waals surface area contributed by atoms with E-state index in [9.17, 15) is 4.79 Å². The lowest BCUT2D eigenvalue weighted by atomic mass is 9.96. The molecule has 0 aliphatic carbocycles. The van der Waals surface area contributed by atoms with Crippen molar-refractivity contribution in [3.8, 4) is 5.75 Å². The zero-order valence-electron chi connectivity index (χ0n) is 20.0. The first-order valence-corrected chi connectivity index (χ1v) is 12.5. The summed E-state index contributed by atoms with van der Waals surface area (Å²) in [4.78, 5) is 19.8. The molecule has 182 valence electrons. The van der Waals surface area contributed by atoms with Gasteiger partial charge in [0.15, 0.2) is 5.58 Å². The van der Waals surface area contributed by atoms with Crippen LogP contribution in [0.2, 0.25) is 0 Å². The molecule has 1 fully saturated rings. The van der Waals surface area contributed by atoms with E-state index in [0.29, 0.717) is 18.2 Å². The standard InChI is InChI=1S/C29H28N4O3/c34-29(18-25-23-10-4-7-13-27(23)36-31-25)32-16-14-21(15-17-32)19-33-26-12-6-5-11-24(26)30-28(33)20-35-22-8-2-1-3-9-22/h1-13,21H,14-20H2. The summed E-state index contributed by atoms with van der Waals surface area (Å²) < 4.78 is 13.7. The number of likely N-dealkylation sites (tertiary alicyclic amines) is 1. The fourth-order valence-electron chi connectivity index (χ4n) is 5.05. The molecule has 5 aromatic rings. The Morgan fingerprint density at radius 1 is 0.944 bits per heavy atom. The summed E-state index contributed by atoms with van der Waals surface area (Å²) in [5.41, 5.74) is 3.54. The molecular weight excluding hydrogens is 452 g/mol. The Morgan fingerprint density at radius 3 is 2.56 bits per heavy atom. The number of aromatic nitrogens is 3. The number of imidazole rings is 1. The lowest BCUT2D eigenvalue weighted by Crippen LogP contribution is -2.40. The number of para-hydroxylation sites is 4. The molecule has 0 unspecified atom stereocenters. The highest BCUT2D eigenvalue weighted by molar-refractivity contribution is 5.86. The predicted octanol–water partition coefficient (Wildman–Crippen LogP) is 5.24. The van der Waals surface area contributed by atoms with E-state index >= 15 is 0 Å². The first kappa shape index (κ1) is 22.3. The van der Waals surface area contributed by atoms with E-state index in [1.165, 1.54) is 0 Å². The van der Waals surface area contributed by atoms with Gasteiger partial charge in [-0.05, 0) is 55.2 Å². The van der Waals surface area contributed by atoms with Crippen LogP contribution in [0.3, 0.4) is 0 Å². The Hall–Kier alpha value is -4.13. The van der Waals surface area contributed by atoms with Crippen molar-refractivity contribution in [3.05, 3.63) is 90.4 Å². The fourth-order valence-corrected chi connectivity index (χ4v) is 5.05. The van der Waals surface area contributed by atoms with E-state index in [4.69, 9.17) is 14.2 Å². The van der Waals surface area contributed by atoms with Crippen LogP contribution in [0.15, 0.2) is 83.4 Å². The summed E-state index contributed by atoms with van der Waals surface area (Å²) >= 11 is 0. The molecule has 0 radical (unpaired) electrons. The van der Waals surface area contributed by atoms with E-state index in [-0.39, 0.29) is 12.3 Å². The fraction of sp³-hybridized carbons (Fsp3) is 0.276. The third kappa shape index (κ3) is 4.56. The lowest BCUT2D eigenvalue weighted by Gasteiger charge is -2.32. The number of benzene rings is 3. The summed E-state index contributed by atoms with van der Waals surface area (Å²) in [5, 5.41) is 5.04. The molecule has 1 aliphatic rings. The van der Waals surface area contributed by atoms with Gasteiger partial charge < -0.3 is 18.7 Å². The van der Waals surface area contributed by atoms with Crippen LogP contribution in [0.5, 0.6) is 5.75 Å². The number of carbonyl (C=O) groups is 1. The minimum Gasteiger partial charge on any atom is -0.486 e. The average Bonchev–Trinajstić information content (AvgIpc) is 3.50. The maximum atomic E-state index is 13.0. The Morgan fingerprint density at radius 2 is 1.69 bits per heavy atom. The van der Waals surface area contributed by atoms with Gasteiger partial charge in [0.05, 0.1) is 17.5 Å². The smallest absolute Gasteiger partial charge is 0.228 e. The van der Waals surface area contributed by atoms with Crippen molar-refractivity contribution in [2.75, 3.05) is 13.1 Å². The molecule has 2 aromatic heterocycles. The number of ether oxygens (including phenoxy) is 1. The maximum Gasteiger partial charge on any atom is 0.228 e. The largest absolute Gasteiger partial charge is 0.486 e. The summed E-state index contributed by atoms with van der Waals surface area (Å²) in [6.45, 7) is 2.79. The monoisotopic (exact) mass is 480 g/mol. The van der Waals surface area contributed by atoms with Gasteiger partial charge in [0, 0.05) is 25.0 Å². The molecule has 7 heteroatoms. The number of hydrogen-bond acceptors (Lipinski definition) is 5. The Kier molecular flexibility index (Phi) is 6.11. The van der Waals surface area contributed by atoms with Gasteiger partial charge in [-0.15, -0.1) is 0 Å². The van der Waals surface area contributed by atoms with Crippen molar-refractivity contribution in [2.24, 2.45) is 5.92 Å². The average molecular weight is 481 g/mol. The minimum atomic E-state index is 0.109. The van der Waals surface area contributed by atoms with Gasteiger partial charge in [-0.25, -0.2) is 4.98 Å². The lowest BCUT2D eigenvalue weighted by molar-refractivity contribution is -0.132. The molecule has 3 aromatic carbocycles. The highest BCUT2D eigenvalue weighted by Crippen LogP contribution is 2.26. The van der Waals surface area contributed by atoms with Crippen LogP contribution < -0.4 is 4.74 Å². The van der Waals surface area contributed by atoms with Crippen molar-refractivity contribution < 1.29 is 14.1 Å². The normalized spacial score (nSPS) is 14.5. The first-order chi connectivity index (χ1) is 17.7. The van der Waals surface area contributed by atoms with Crippen molar-refractivity contribution in [2.45, 2.75) is 32.4 Å². The van der Waals surface area contributed by atoms with E-state index in [1.54, 1.807) is 0 Å². The zero-order valence-corrected chi connectivity index (χ0v) is 20.0. The maximum absolute atomic E-state index is 13.0. The van der Waals surface area contributed by atoms with Crippen LogP contribution in [0.4, 0.5) is 0 Å². The van der Waals surface area contributed by atoms with Crippen LogP contribution in [-0.4, -0.2) is 38.6 Å². The molecule has 1 amide bonds. The highest BCUT2D eigenvalue weighted by atomic mass is 16.5. The summed E-state index contributed by atoms with van der Waals surface area (Å²) in [7, 11) is 0. The number of fused-ring (bicyclic) bond motifs is 2. The molecule has 6 rings (SSSR count). The Labute approximate surface area is 209 Å². The van der Waals surface area contributed by atoms with Crippen molar-refractivity contribution >= 4 is 27.9 Å². The van der Waals surface area contributed by atoms with Gasteiger partial charge >= 0.3 is 0 Å². The third-order valence-electron chi connectivity index (χ3n) is 7.02. The molecular formula is C29H28N4O3. The predicted molar refractivity (Wildman–Crippen MR) is 138 cm³/mol. The molecule has 0 bridgehead atoms. The van der Waals surface area contributed by atoms with Gasteiger partial charge in [0.2, 0.25) is 5.91 Å². The first-order valence-electron chi connectivity index (χ1n) is 12.5. The molecule has 0 N–H and O–H groups in total. The van der Waals surface area contributed by atoms with Gasteiger partial charge in [0.1, 0.15) is 23.9 Å². The molecule has 0 spiro atoms. The second-order valence-corrected chi connectivity index (χ2v) is 9.36. The summed E-state index contributed by atoms with van der Waals surface area (Å²) in [6, 6.07) is 25.8. The number of piperidine rings is 1. The van der Waals surface area contributed by atoms with Gasteiger partial charge in [-0.3, -0.25) is 4.79 Å². The molecule has 3 heterocycles. The number of carbonyl (C=O) groups excluding carboxylic acids is 1. The van der Waals surface area contributed by atoms with Gasteiger partial charge in [-0.1, -0.05) is 47.6 Å². The zero-order chi connectivity index (χ0) is 24.3. The Bertz CT molecular complexity index is 1480. The third-order valence-corrected chi connectivity index (χ3v) is 7.02. The van der Waals surface area contributed by atoms with E-state index < -0.39 is 0 Å². The number of hydrogen-bond donors (Lipinski definition) is 0. The molecule has 1 aliphatic heterocycles. The summed E-state index contributed by atoms with van der Waals surface area (Å²) in [5.74, 6) is 2.34. The van der Waals surface area contributed by atoms with Crippen LogP contribution in [0.1, 0.15) is 24.4 Å².